The zero-order valence-electron chi connectivity index (χ0n) is 11.6. The molecule has 1 aromatic heterocycles. The second-order valence-electron chi connectivity index (χ2n) is 5.43. The van der Waals surface area contributed by atoms with E-state index in [1.165, 1.54) is 12.0 Å². The van der Waals surface area contributed by atoms with Gasteiger partial charge in [-0.3, -0.25) is 0 Å². The Morgan fingerprint density at radius 1 is 1.30 bits per heavy atom. The van der Waals surface area contributed by atoms with E-state index >= 15 is 0 Å². The van der Waals surface area contributed by atoms with Gasteiger partial charge < -0.3 is 5.73 Å². The van der Waals surface area contributed by atoms with E-state index in [0.717, 1.165) is 46.4 Å². The van der Waals surface area contributed by atoms with Gasteiger partial charge in [0.2, 0.25) is 0 Å². The van der Waals surface area contributed by atoms with E-state index in [2.05, 4.69) is 46.0 Å². The predicted octanol–water partition coefficient (Wildman–Crippen LogP) is 3.94. The third-order valence-corrected chi connectivity index (χ3v) is 4.50. The Morgan fingerprint density at radius 3 is 2.95 bits per heavy atom. The molecule has 4 heteroatoms. The summed E-state index contributed by atoms with van der Waals surface area (Å²) in [6.45, 7) is 2.07. The average Bonchev–Trinajstić information content (AvgIpc) is 2.60. The van der Waals surface area contributed by atoms with Gasteiger partial charge >= 0.3 is 0 Å². The van der Waals surface area contributed by atoms with Crippen LogP contribution in [0.25, 0.3) is 11.4 Å². The van der Waals surface area contributed by atoms with Crippen molar-refractivity contribution in [1.82, 2.24) is 9.97 Å². The number of hydrogen-bond donors (Lipinski definition) is 1. The largest absolute Gasteiger partial charge is 0.324 e. The normalized spacial score (nSPS) is 18.4. The van der Waals surface area contributed by atoms with Crippen molar-refractivity contribution in [2.24, 2.45) is 5.73 Å². The summed E-state index contributed by atoms with van der Waals surface area (Å²) in [6, 6.07) is 6.33. The average molecular weight is 332 g/mol. The fourth-order valence-electron chi connectivity index (χ4n) is 2.68. The Kier molecular flexibility index (Phi) is 3.85. The van der Waals surface area contributed by atoms with E-state index < -0.39 is 0 Å². The molecule has 1 aliphatic rings. The van der Waals surface area contributed by atoms with Crippen LogP contribution < -0.4 is 5.73 Å². The number of benzene rings is 1. The van der Waals surface area contributed by atoms with Crippen molar-refractivity contribution in [1.29, 1.82) is 0 Å². The minimum Gasteiger partial charge on any atom is -0.324 e. The lowest BCUT2D eigenvalue weighted by atomic mass is 10.1. The molecule has 1 unspecified atom stereocenters. The molecule has 1 heterocycles. The lowest BCUT2D eigenvalue weighted by molar-refractivity contribution is 0.614. The first-order valence-electron chi connectivity index (χ1n) is 7.03. The number of halogens is 1. The summed E-state index contributed by atoms with van der Waals surface area (Å²) in [5.41, 5.74) is 10.7. The molecule has 0 amide bonds. The summed E-state index contributed by atoms with van der Waals surface area (Å²) < 4.78 is 1.04. The summed E-state index contributed by atoms with van der Waals surface area (Å²) in [5.74, 6) is 0.782. The molecule has 0 radical (unpaired) electrons. The molecule has 20 heavy (non-hydrogen) atoms. The van der Waals surface area contributed by atoms with Crippen LogP contribution in [0, 0.1) is 6.92 Å². The molecule has 1 aromatic carbocycles. The Hall–Kier alpha value is -1.26. The van der Waals surface area contributed by atoms with Crippen LogP contribution in [0.1, 0.15) is 42.1 Å². The fraction of sp³-hybridized carbons (Fsp3) is 0.375. The summed E-state index contributed by atoms with van der Waals surface area (Å²) in [4.78, 5) is 9.29. The molecule has 1 atom stereocenters. The van der Waals surface area contributed by atoms with Gasteiger partial charge in [-0.25, -0.2) is 9.97 Å². The van der Waals surface area contributed by atoms with Crippen molar-refractivity contribution < 1.29 is 0 Å². The molecule has 0 aliphatic heterocycles. The van der Waals surface area contributed by atoms with Crippen LogP contribution in [0.15, 0.2) is 28.9 Å². The van der Waals surface area contributed by atoms with Gasteiger partial charge in [-0.2, -0.15) is 0 Å². The van der Waals surface area contributed by atoms with Gasteiger partial charge in [0.25, 0.3) is 0 Å². The maximum absolute atomic E-state index is 6.20. The van der Waals surface area contributed by atoms with Crippen LogP contribution >= 0.6 is 15.9 Å². The number of hydrogen-bond acceptors (Lipinski definition) is 3. The second-order valence-corrected chi connectivity index (χ2v) is 6.29. The van der Waals surface area contributed by atoms with Gasteiger partial charge in [0.05, 0.1) is 0 Å². The quantitative estimate of drug-likeness (QED) is 0.805. The standard InChI is InChI=1S/C16H18BrN3/c1-10-6-7-11(13(17)8-10)16-19-9-12-14(18)4-2-3-5-15(12)20-16/h6-9,14H,2-5,18H2,1H3. The SMILES string of the molecule is Cc1ccc(-c2ncc3c(n2)CCCCC3N)c(Br)c1. The third kappa shape index (κ3) is 2.63. The summed E-state index contributed by atoms with van der Waals surface area (Å²) in [6.07, 6.45) is 6.28. The molecular weight excluding hydrogens is 314 g/mol. The molecule has 3 nitrogen and oxygen atoms in total. The number of fused-ring (bicyclic) bond motifs is 1. The number of aryl methyl sites for hydroxylation is 2. The van der Waals surface area contributed by atoms with Crippen molar-refractivity contribution in [2.75, 3.05) is 0 Å². The van der Waals surface area contributed by atoms with Gasteiger partial charge in [0.1, 0.15) is 0 Å². The smallest absolute Gasteiger partial charge is 0.160 e. The molecule has 1 aliphatic carbocycles. The van der Waals surface area contributed by atoms with Crippen molar-refractivity contribution in [3.63, 3.8) is 0 Å². The van der Waals surface area contributed by atoms with E-state index in [9.17, 15) is 0 Å². The summed E-state index contributed by atoms with van der Waals surface area (Å²) >= 11 is 3.60. The van der Waals surface area contributed by atoms with E-state index in [-0.39, 0.29) is 6.04 Å². The first kappa shape index (κ1) is 13.7. The maximum Gasteiger partial charge on any atom is 0.160 e. The number of aromatic nitrogens is 2. The van der Waals surface area contributed by atoms with Crippen LogP contribution in [0.3, 0.4) is 0 Å². The monoisotopic (exact) mass is 331 g/mol. The van der Waals surface area contributed by atoms with Gasteiger partial charge in [-0.15, -0.1) is 0 Å². The summed E-state index contributed by atoms with van der Waals surface area (Å²) in [7, 11) is 0. The topological polar surface area (TPSA) is 51.8 Å². The molecular formula is C16H18BrN3. The van der Waals surface area contributed by atoms with E-state index in [4.69, 9.17) is 10.7 Å². The second kappa shape index (κ2) is 5.62. The van der Waals surface area contributed by atoms with E-state index in [1.807, 2.05) is 6.20 Å². The Bertz CT molecular complexity index is 640. The molecule has 2 aromatic rings. The van der Waals surface area contributed by atoms with Crippen LogP contribution in [0.2, 0.25) is 0 Å². The lowest BCUT2D eigenvalue weighted by Crippen LogP contribution is -2.12. The van der Waals surface area contributed by atoms with Crippen LogP contribution in [0.4, 0.5) is 0 Å². The van der Waals surface area contributed by atoms with Crippen molar-refractivity contribution >= 4 is 15.9 Å². The first-order chi connectivity index (χ1) is 9.65. The molecule has 0 spiro atoms. The number of nitrogens with two attached hydrogens (primary N) is 1. The highest BCUT2D eigenvalue weighted by molar-refractivity contribution is 9.10. The van der Waals surface area contributed by atoms with Crippen LogP contribution in [-0.2, 0) is 6.42 Å². The minimum absolute atomic E-state index is 0.0861. The minimum atomic E-state index is 0.0861. The van der Waals surface area contributed by atoms with Gasteiger partial charge in [-0.1, -0.05) is 28.4 Å². The maximum atomic E-state index is 6.20. The molecule has 0 saturated heterocycles. The highest BCUT2D eigenvalue weighted by Gasteiger charge is 2.18. The van der Waals surface area contributed by atoms with Crippen molar-refractivity contribution in [3.8, 4) is 11.4 Å². The Balaban J connectivity index is 2.05. The van der Waals surface area contributed by atoms with Crippen molar-refractivity contribution in [2.45, 2.75) is 38.6 Å². The lowest BCUT2D eigenvalue weighted by Gasteiger charge is -2.13. The number of rotatable bonds is 1. The highest BCUT2D eigenvalue weighted by atomic mass is 79.9. The van der Waals surface area contributed by atoms with Gasteiger partial charge in [-0.05, 0) is 43.9 Å². The van der Waals surface area contributed by atoms with Crippen LogP contribution in [0.5, 0.6) is 0 Å². The zero-order valence-corrected chi connectivity index (χ0v) is 13.2. The van der Waals surface area contributed by atoms with Gasteiger partial charge in [0, 0.05) is 33.5 Å². The molecule has 2 N–H and O–H groups in total. The third-order valence-electron chi connectivity index (χ3n) is 3.84. The Morgan fingerprint density at radius 2 is 2.15 bits per heavy atom. The Labute approximate surface area is 127 Å². The molecule has 0 fully saturated rings. The van der Waals surface area contributed by atoms with Crippen molar-refractivity contribution in [3.05, 3.63) is 45.7 Å². The zero-order chi connectivity index (χ0) is 14.1. The molecule has 3 rings (SSSR count). The highest BCUT2D eigenvalue weighted by Crippen LogP contribution is 2.30. The molecule has 0 saturated carbocycles. The van der Waals surface area contributed by atoms with E-state index in [0.29, 0.717) is 0 Å². The molecule has 104 valence electrons. The predicted molar refractivity (Wildman–Crippen MR) is 84.4 cm³/mol. The summed E-state index contributed by atoms with van der Waals surface area (Å²) in [5, 5.41) is 0. The fourth-order valence-corrected chi connectivity index (χ4v) is 3.35. The van der Waals surface area contributed by atoms with E-state index in [1.54, 1.807) is 0 Å². The number of nitrogens with zero attached hydrogens (tertiary/aromatic N) is 2. The van der Waals surface area contributed by atoms with Crippen LogP contribution in [-0.4, -0.2) is 9.97 Å². The first-order valence-corrected chi connectivity index (χ1v) is 7.82. The molecule has 0 bridgehead atoms. The van der Waals surface area contributed by atoms with Gasteiger partial charge in [0.15, 0.2) is 5.82 Å².